The quantitative estimate of drug-likeness (QED) is 0.817. The van der Waals surface area contributed by atoms with Crippen LogP contribution in [-0.4, -0.2) is 25.2 Å². The summed E-state index contributed by atoms with van der Waals surface area (Å²) in [5.41, 5.74) is 4.49. The summed E-state index contributed by atoms with van der Waals surface area (Å²) < 4.78 is 5.07. The fourth-order valence-corrected chi connectivity index (χ4v) is 2.98. The second-order valence-electron chi connectivity index (χ2n) is 6.08. The minimum Gasteiger partial charge on any atom is -0.383 e. The lowest BCUT2D eigenvalue weighted by molar-refractivity contribution is 0.210. The summed E-state index contributed by atoms with van der Waals surface area (Å²) in [4.78, 5) is 4.78. The lowest BCUT2D eigenvalue weighted by atomic mass is 9.86. The largest absolute Gasteiger partial charge is 0.383 e. The first-order valence-corrected chi connectivity index (χ1v) is 7.84. The number of fused-ring (bicyclic) bond motifs is 1. The summed E-state index contributed by atoms with van der Waals surface area (Å²) >= 11 is 0. The Hall–Kier alpha value is -1.60. The van der Waals surface area contributed by atoms with Gasteiger partial charge in [0.1, 0.15) is 11.9 Å². The van der Waals surface area contributed by atoms with Gasteiger partial charge in [0, 0.05) is 19.3 Å². The van der Waals surface area contributed by atoms with Gasteiger partial charge in [-0.2, -0.15) is 5.26 Å². The molecule has 0 fully saturated rings. The Morgan fingerprint density at radius 3 is 2.62 bits per heavy atom. The number of methoxy groups -OCH3 is 1. The van der Waals surface area contributed by atoms with Gasteiger partial charge in [-0.1, -0.05) is 13.8 Å². The molecule has 0 atom stereocenters. The van der Waals surface area contributed by atoms with E-state index in [1.54, 1.807) is 7.11 Å². The molecule has 0 amide bonds. The van der Waals surface area contributed by atoms with E-state index in [-0.39, 0.29) is 0 Å². The summed E-state index contributed by atoms with van der Waals surface area (Å²) in [5.74, 6) is 1.31. The number of ether oxygens (including phenoxy) is 1. The van der Waals surface area contributed by atoms with Crippen LogP contribution in [-0.2, 0) is 24.0 Å². The van der Waals surface area contributed by atoms with Gasteiger partial charge in [-0.05, 0) is 49.1 Å². The molecule has 1 heterocycles. The molecule has 4 heteroatoms. The van der Waals surface area contributed by atoms with Crippen LogP contribution in [0.4, 0.5) is 5.82 Å². The third kappa shape index (κ3) is 3.74. The van der Waals surface area contributed by atoms with Crippen LogP contribution in [0.25, 0.3) is 0 Å². The van der Waals surface area contributed by atoms with Crippen molar-refractivity contribution in [1.82, 2.24) is 4.98 Å². The van der Waals surface area contributed by atoms with Crippen molar-refractivity contribution in [2.75, 3.05) is 25.6 Å². The third-order valence-corrected chi connectivity index (χ3v) is 3.91. The van der Waals surface area contributed by atoms with E-state index in [0.29, 0.717) is 19.1 Å². The molecule has 1 aliphatic rings. The van der Waals surface area contributed by atoms with E-state index in [9.17, 15) is 5.26 Å². The topological polar surface area (TPSA) is 57.9 Å². The van der Waals surface area contributed by atoms with E-state index in [2.05, 4.69) is 25.2 Å². The minimum atomic E-state index is 0.572. The molecule has 0 unspecified atom stereocenters. The first-order valence-electron chi connectivity index (χ1n) is 7.84. The fourth-order valence-electron chi connectivity index (χ4n) is 2.98. The molecule has 114 valence electrons. The highest BCUT2D eigenvalue weighted by Crippen LogP contribution is 2.31. The van der Waals surface area contributed by atoms with E-state index in [0.717, 1.165) is 30.6 Å². The van der Waals surface area contributed by atoms with Crippen LogP contribution < -0.4 is 5.32 Å². The highest BCUT2D eigenvalue weighted by atomic mass is 16.5. The number of nitrogens with zero attached hydrogens (tertiary/aromatic N) is 2. The van der Waals surface area contributed by atoms with Crippen LogP contribution in [0.1, 0.15) is 49.1 Å². The lowest BCUT2D eigenvalue weighted by Gasteiger charge is -2.23. The highest BCUT2D eigenvalue weighted by molar-refractivity contribution is 5.60. The minimum absolute atomic E-state index is 0.572. The molecule has 2 rings (SSSR count). The van der Waals surface area contributed by atoms with Crippen molar-refractivity contribution in [3.05, 3.63) is 22.4 Å². The molecule has 0 aromatic carbocycles. The van der Waals surface area contributed by atoms with Gasteiger partial charge in [-0.3, -0.25) is 0 Å². The number of hydrogen-bond donors (Lipinski definition) is 1. The maximum absolute atomic E-state index is 9.54. The van der Waals surface area contributed by atoms with Gasteiger partial charge >= 0.3 is 0 Å². The number of rotatable bonds is 6. The van der Waals surface area contributed by atoms with Gasteiger partial charge in [0.15, 0.2) is 0 Å². The molecule has 21 heavy (non-hydrogen) atoms. The van der Waals surface area contributed by atoms with Crippen molar-refractivity contribution in [2.45, 2.75) is 46.0 Å². The number of pyridine rings is 1. The Morgan fingerprint density at radius 2 is 2.00 bits per heavy atom. The molecule has 1 aromatic heterocycles. The number of nitriles is 1. The Balaban J connectivity index is 2.41. The molecular weight excluding hydrogens is 262 g/mol. The van der Waals surface area contributed by atoms with Crippen LogP contribution >= 0.6 is 0 Å². The summed E-state index contributed by atoms with van der Waals surface area (Å²) in [7, 11) is 1.68. The molecule has 0 saturated heterocycles. The maximum atomic E-state index is 9.54. The van der Waals surface area contributed by atoms with Crippen molar-refractivity contribution in [2.24, 2.45) is 5.92 Å². The highest BCUT2D eigenvalue weighted by Gasteiger charge is 2.22. The summed E-state index contributed by atoms with van der Waals surface area (Å²) in [6.45, 7) is 5.72. The Morgan fingerprint density at radius 1 is 1.29 bits per heavy atom. The van der Waals surface area contributed by atoms with Gasteiger partial charge in [0.05, 0.1) is 12.2 Å². The SMILES string of the molecule is COCCNc1nc(CC(C)C)c2c(c1C#N)CCCC2. The second kappa shape index (κ2) is 7.42. The molecule has 0 radical (unpaired) electrons. The van der Waals surface area contributed by atoms with Crippen LogP contribution in [0.5, 0.6) is 0 Å². The number of anilines is 1. The molecule has 0 saturated carbocycles. The van der Waals surface area contributed by atoms with Crippen molar-refractivity contribution >= 4 is 5.82 Å². The normalized spacial score (nSPS) is 13.9. The van der Waals surface area contributed by atoms with Crippen LogP contribution in [0.3, 0.4) is 0 Å². The van der Waals surface area contributed by atoms with Gasteiger partial charge < -0.3 is 10.1 Å². The molecule has 4 nitrogen and oxygen atoms in total. The molecule has 1 aromatic rings. The molecular formula is C17H25N3O. The molecule has 0 spiro atoms. The van der Waals surface area contributed by atoms with Crippen molar-refractivity contribution in [3.63, 3.8) is 0 Å². The van der Waals surface area contributed by atoms with E-state index in [4.69, 9.17) is 9.72 Å². The zero-order valence-electron chi connectivity index (χ0n) is 13.3. The third-order valence-electron chi connectivity index (χ3n) is 3.91. The fraction of sp³-hybridized carbons (Fsp3) is 0.647. The average Bonchev–Trinajstić information content (AvgIpc) is 2.47. The predicted octanol–water partition coefficient (Wildman–Crippen LogP) is 3.09. The zero-order chi connectivity index (χ0) is 15.2. The Kier molecular flexibility index (Phi) is 5.58. The second-order valence-corrected chi connectivity index (χ2v) is 6.08. The van der Waals surface area contributed by atoms with E-state index in [1.165, 1.54) is 29.7 Å². The van der Waals surface area contributed by atoms with Gasteiger partial charge in [0.2, 0.25) is 0 Å². The van der Waals surface area contributed by atoms with Gasteiger partial charge in [-0.25, -0.2) is 4.98 Å². The summed E-state index contributed by atoms with van der Waals surface area (Å²) in [6, 6.07) is 2.37. The summed E-state index contributed by atoms with van der Waals surface area (Å²) in [6.07, 6.45) is 5.43. The van der Waals surface area contributed by atoms with E-state index < -0.39 is 0 Å². The number of hydrogen-bond acceptors (Lipinski definition) is 4. The smallest absolute Gasteiger partial charge is 0.144 e. The first-order chi connectivity index (χ1) is 10.2. The van der Waals surface area contributed by atoms with Crippen LogP contribution in [0, 0.1) is 17.2 Å². The van der Waals surface area contributed by atoms with E-state index >= 15 is 0 Å². The Labute approximate surface area is 127 Å². The molecule has 1 aliphatic carbocycles. The van der Waals surface area contributed by atoms with Gasteiger partial charge in [-0.15, -0.1) is 0 Å². The Bertz CT molecular complexity index is 532. The average molecular weight is 287 g/mol. The first kappa shape index (κ1) is 15.8. The number of aromatic nitrogens is 1. The lowest BCUT2D eigenvalue weighted by Crippen LogP contribution is -2.17. The standard InChI is InChI=1S/C17H25N3O/c1-12(2)10-16-14-7-5-4-6-13(14)15(11-18)17(20-16)19-8-9-21-3/h12H,4-10H2,1-3H3,(H,19,20). The van der Waals surface area contributed by atoms with Crippen molar-refractivity contribution in [3.8, 4) is 6.07 Å². The number of nitrogens with one attached hydrogen (secondary N) is 1. The van der Waals surface area contributed by atoms with Crippen LogP contribution in [0.2, 0.25) is 0 Å². The maximum Gasteiger partial charge on any atom is 0.144 e. The van der Waals surface area contributed by atoms with Crippen LogP contribution in [0.15, 0.2) is 0 Å². The van der Waals surface area contributed by atoms with E-state index in [1.807, 2.05) is 0 Å². The molecule has 1 N–H and O–H groups in total. The van der Waals surface area contributed by atoms with Crippen molar-refractivity contribution in [1.29, 1.82) is 5.26 Å². The summed E-state index contributed by atoms with van der Waals surface area (Å²) in [5, 5.41) is 12.8. The van der Waals surface area contributed by atoms with Gasteiger partial charge in [0.25, 0.3) is 0 Å². The zero-order valence-corrected chi connectivity index (χ0v) is 13.3. The molecule has 0 aliphatic heterocycles. The monoisotopic (exact) mass is 287 g/mol. The van der Waals surface area contributed by atoms with Crippen molar-refractivity contribution < 1.29 is 4.74 Å². The predicted molar refractivity (Wildman–Crippen MR) is 84.5 cm³/mol. The molecule has 0 bridgehead atoms.